The number of hydrogen-bond donors (Lipinski definition) is 0. The fraction of sp³-hybridized carbons (Fsp3) is 0.176. The second-order valence-corrected chi connectivity index (χ2v) is 5.36. The summed E-state index contributed by atoms with van der Waals surface area (Å²) in [6, 6.07) is 9.66. The summed E-state index contributed by atoms with van der Waals surface area (Å²) in [6.45, 7) is 0.549. The van der Waals surface area contributed by atoms with Crippen molar-refractivity contribution in [3.05, 3.63) is 71.3 Å². The molecule has 3 rings (SSSR count). The predicted molar refractivity (Wildman–Crippen MR) is 81.0 cm³/mol. The first-order valence-corrected chi connectivity index (χ1v) is 7.06. The van der Waals surface area contributed by atoms with Crippen LogP contribution in [-0.2, 0) is 13.1 Å². The third-order valence-electron chi connectivity index (χ3n) is 3.49. The fourth-order valence-electron chi connectivity index (χ4n) is 2.38. The molecule has 0 fully saturated rings. The zero-order chi connectivity index (χ0) is 16.4. The molecular formula is C17H14F3N3. The standard InChI is InChI=1S/C17H14F3N3/c1-23(9-11-6-7-13(18)17(20)16(11)19)10-12-8-21-14-4-2-3-5-15(14)22-12/h2-8H,9-10H2,1H3. The topological polar surface area (TPSA) is 29.0 Å². The third-order valence-corrected chi connectivity index (χ3v) is 3.49. The van der Waals surface area contributed by atoms with Crippen LogP contribution in [0.3, 0.4) is 0 Å². The quantitative estimate of drug-likeness (QED) is 0.687. The molecule has 0 bridgehead atoms. The van der Waals surface area contributed by atoms with Crippen LogP contribution in [0.1, 0.15) is 11.3 Å². The Labute approximate surface area is 131 Å². The number of aromatic nitrogens is 2. The van der Waals surface area contributed by atoms with E-state index in [1.807, 2.05) is 24.3 Å². The average molecular weight is 317 g/mol. The first kappa shape index (κ1) is 15.4. The number of nitrogens with zero attached hydrogens (tertiary/aromatic N) is 3. The molecule has 118 valence electrons. The van der Waals surface area contributed by atoms with E-state index < -0.39 is 17.5 Å². The highest BCUT2D eigenvalue weighted by molar-refractivity contribution is 5.73. The Bertz CT molecular complexity index is 852. The fourth-order valence-corrected chi connectivity index (χ4v) is 2.38. The minimum atomic E-state index is -1.44. The lowest BCUT2D eigenvalue weighted by molar-refractivity contribution is 0.306. The summed E-state index contributed by atoms with van der Waals surface area (Å²) in [6.07, 6.45) is 1.65. The summed E-state index contributed by atoms with van der Waals surface area (Å²) in [4.78, 5) is 10.5. The van der Waals surface area contributed by atoms with Gasteiger partial charge in [-0.3, -0.25) is 9.88 Å². The van der Waals surface area contributed by atoms with Crippen molar-refractivity contribution in [1.82, 2.24) is 14.9 Å². The van der Waals surface area contributed by atoms with Gasteiger partial charge in [0.25, 0.3) is 0 Å². The van der Waals surface area contributed by atoms with Gasteiger partial charge in [-0.1, -0.05) is 18.2 Å². The SMILES string of the molecule is CN(Cc1cnc2ccccc2n1)Cc1ccc(F)c(F)c1F. The van der Waals surface area contributed by atoms with E-state index in [0.29, 0.717) is 12.2 Å². The molecular weight excluding hydrogens is 303 g/mol. The van der Waals surface area contributed by atoms with Crippen LogP contribution < -0.4 is 0 Å². The summed E-state index contributed by atoms with van der Waals surface area (Å²) in [7, 11) is 1.75. The molecule has 0 saturated carbocycles. The molecule has 3 aromatic rings. The van der Waals surface area contributed by atoms with E-state index in [1.165, 1.54) is 6.07 Å². The van der Waals surface area contributed by atoms with Crippen molar-refractivity contribution in [2.75, 3.05) is 7.05 Å². The molecule has 23 heavy (non-hydrogen) atoms. The van der Waals surface area contributed by atoms with Crippen molar-refractivity contribution in [3.8, 4) is 0 Å². The monoisotopic (exact) mass is 317 g/mol. The van der Waals surface area contributed by atoms with Crippen LogP contribution in [-0.4, -0.2) is 21.9 Å². The third kappa shape index (κ3) is 3.32. The molecule has 0 saturated heterocycles. The van der Waals surface area contributed by atoms with E-state index in [0.717, 1.165) is 17.1 Å². The highest BCUT2D eigenvalue weighted by Gasteiger charge is 2.15. The summed E-state index contributed by atoms with van der Waals surface area (Å²) in [5, 5.41) is 0. The lowest BCUT2D eigenvalue weighted by Gasteiger charge is -2.17. The average Bonchev–Trinajstić information content (AvgIpc) is 2.55. The van der Waals surface area contributed by atoms with Gasteiger partial charge in [0.05, 0.1) is 22.9 Å². The molecule has 0 spiro atoms. The van der Waals surface area contributed by atoms with Crippen LogP contribution in [0.15, 0.2) is 42.6 Å². The van der Waals surface area contributed by atoms with Gasteiger partial charge in [0, 0.05) is 18.7 Å². The van der Waals surface area contributed by atoms with Gasteiger partial charge in [-0.2, -0.15) is 0 Å². The molecule has 0 aliphatic rings. The Morgan fingerprint density at radius 1 is 0.913 bits per heavy atom. The number of benzene rings is 2. The maximum absolute atomic E-state index is 13.7. The lowest BCUT2D eigenvalue weighted by atomic mass is 10.2. The van der Waals surface area contributed by atoms with Crippen LogP contribution in [0, 0.1) is 17.5 Å². The van der Waals surface area contributed by atoms with E-state index in [2.05, 4.69) is 9.97 Å². The smallest absolute Gasteiger partial charge is 0.194 e. The van der Waals surface area contributed by atoms with Gasteiger partial charge in [0.2, 0.25) is 0 Å². The molecule has 2 aromatic carbocycles. The number of rotatable bonds is 4. The largest absolute Gasteiger partial charge is 0.296 e. The Balaban J connectivity index is 1.76. The van der Waals surface area contributed by atoms with Crippen LogP contribution in [0.4, 0.5) is 13.2 Å². The maximum Gasteiger partial charge on any atom is 0.194 e. The van der Waals surface area contributed by atoms with Crippen molar-refractivity contribution in [1.29, 1.82) is 0 Å². The first-order chi connectivity index (χ1) is 11.0. The van der Waals surface area contributed by atoms with Gasteiger partial charge in [-0.05, 0) is 25.2 Å². The van der Waals surface area contributed by atoms with E-state index in [-0.39, 0.29) is 12.1 Å². The van der Waals surface area contributed by atoms with E-state index in [1.54, 1.807) is 18.1 Å². The Kier molecular flexibility index (Phi) is 4.25. The zero-order valence-corrected chi connectivity index (χ0v) is 12.4. The van der Waals surface area contributed by atoms with E-state index in [9.17, 15) is 13.2 Å². The van der Waals surface area contributed by atoms with Gasteiger partial charge in [0.1, 0.15) is 0 Å². The van der Waals surface area contributed by atoms with Crippen LogP contribution in [0.5, 0.6) is 0 Å². The van der Waals surface area contributed by atoms with Crippen molar-refractivity contribution in [3.63, 3.8) is 0 Å². The van der Waals surface area contributed by atoms with Gasteiger partial charge in [-0.25, -0.2) is 18.2 Å². The number of fused-ring (bicyclic) bond motifs is 1. The molecule has 1 aromatic heterocycles. The van der Waals surface area contributed by atoms with Gasteiger partial charge >= 0.3 is 0 Å². The minimum absolute atomic E-state index is 0.0974. The molecule has 0 N–H and O–H groups in total. The van der Waals surface area contributed by atoms with Gasteiger partial charge < -0.3 is 0 Å². The lowest BCUT2D eigenvalue weighted by Crippen LogP contribution is -2.19. The Morgan fingerprint density at radius 2 is 1.65 bits per heavy atom. The molecule has 3 nitrogen and oxygen atoms in total. The summed E-state index contributed by atoms with van der Waals surface area (Å²) < 4.78 is 39.9. The maximum atomic E-state index is 13.7. The second-order valence-electron chi connectivity index (χ2n) is 5.36. The van der Waals surface area contributed by atoms with Crippen molar-refractivity contribution >= 4 is 11.0 Å². The summed E-state index contributed by atoms with van der Waals surface area (Å²) in [5.74, 6) is -3.78. The van der Waals surface area contributed by atoms with Crippen LogP contribution in [0.2, 0.25) is 0 Å². The van der Waals surface area contributed by atoms with Gasteiger partial charge in [0.15, 0.2) is 17.5 Å². The molecule has 1 heterocycles. The zero-order valence-electron chi connectivity index (χ0n) is 12.4. The molecule has 0 aliphatic heterocycles. The summed E-state index contributed by atoms with van der Waals surface area (Å²) >= 11 is 0. The Morgan fingerprint density at radius 3 is 2.43 bits per heavy atom. The van der Waals surface area contributed by atoms with Crippen LogP contribution in [0.25, 0.3) is 11.0 Å². The molecule has 0 radical (unpaired) electrons. The number of halogens is 3. The summed E-state index contributed by atoms with van der Waals surface area (Å²) in [5.41, 5.74) is 2.39. The molecule has 0 unspecified atom stereocenters. The number of para-hydroxylation sites is 2. The normalized spacial score (nSPS) is 11.3. The molecule has 0 aliphatic carbocycles. The second kappa shape index (κ2) is 6.34. The van der Waals surface area contributed by atoms with Crippen LogP contribution >= 0.6 is 0 Å². The number of hydrogen-bond acceptors (Lipinski definition) is 3. The molecule has 0 atom stereocenters. The van der Waals surface area contributed by atoms with E-state index >= 15 is 0 Å². The predicted octanol–water partition coefficient (Wildman–Crippen LogP) is 3.68. The van der Waals surface area contributed by atoms with Gasteiger partial charge in [-0.15, -0.1) is 0 Å². The van der Waals surface area contributed by atoms with Crippen molar-refractivity contribution < 1.29 is 13.2 Å². The highest BCUT2D eigenvalue weighted by atomic mass is 19.2. The minimum Gasteiger partial charge on any atom is -0.296 e. The van der Waals surface area contributed by atoms with Crippen molar-refractivity contribution in [2.45, 2.75) is 13.1 Å². The first-order valence-electron chi connectivity index (χ1n) is 7.06. The molecule has 6 heteroatoms. The molecule has 0 amide bonds. The Hall–Kier alpha value is -2.47. The highest BCUT2D eigenvalue weighted by Crippen LogP contribution is 2.17. The van der Waals surface area contributed by atoms with Crippen molar-refractivity contribution in [2.24, 2.45) is 0 Å². The van der Waals surface area contributed by atoms with E-state index in [4.69, 9.17) is 0 Å².